The number of hydrogen-bond donors (Lipinski definition) is 1. The summed E-state index contributed by atoms with van der Waals surface area (Å²) in [5.74, 6) is 0.882. The van der Waals surface area contributed by atoms with Gasteiger partial charge >= 0.3 is 0 Å². The summed E-state index contributed by atoms with van der Waals surface area (Å²) >= 11 is 1.56. The first-order valence-corrected chi connectivity index (χ1v) is 11.5. The fraction of sp³-hybridized carbons (Fsp3) is 0.565. The third-order valence-corrected chi connectivity index (χ3v) is 6.83. The minimum absolute atomic E-state index is 0.0467. The highest BCUT2D eigenvalue weighted by molar-refractivity contribution is 7.13. The smallest absolute Gasteiger partial charge is 0.226 e. The highest BCUT2D eigenvalue weighted by Crippen LogP contribution is 2.33. The average Bonchev–Trinajstić information content (AvgIpc) is 3.02. The molecule has 1 saturated carbocycles. The predicted octanol–water partition coefficient (Wildman–Crippen LogP) is 4.52. The SMILES string of the molecule is CCOc1ccccc1-c1nc(CC(=O)NCC2(N(C)C)CCCCCC2)cs1. The van der Waals surface area contributed by atoms with Crippen molar-refractivity contribution in [3.05, 3.63) is 35.3 Å². The van der Waals surface area contributed by atoms with Gasteiger partial charge in [0.25, 0.3) is 0 Å². The molecule has 0 saturated heterocycles. The summed E-state index contributed by atoms with van der Waals surface area (Å²) < 4.78 is 5.71. The van der Waals surface area contributed by atoms with E-state index in [0.717, 1.165) is 34.9 Å². The second-order valence-electron chi connectivity index (χ2n) is 8.06. The second-order valence-corrected chi connectivity index (χ2v) is 8.92. The fourth-order valence-corrected chi connectivity index (χ4v) is 4.94. The van der Waals surface area contributed by atoms with E-state index in [0.29, 0.717) is 19.6 Å². The monoisotopic (exact) mass is 415 g/mol. The molecular weight excluding hydrogens is 382 g/mol. The summed E-state index contributed by atoms with van der Waals surface area (Å²) in [4.78, 5) is 19.6. The Labute approximate surface area is 178 Å². The molecule has 1 amide bonds. The van der Waals surface area contributed by atoms with Crippen LogP contribution in [0, 0.1) is 0 Å². The van der Waals surface area contributed by atoms with Crippen molar-refractivity contribution in [2.75, 3.05) is 27.2 Å². The van der Waals surface area contributed by atoms with Gasteiger partial charge in [0, 0.05) is 17.5 Å². The van der Waals surface area contributed by atoms with E-state index in [-0.39, 0.29) is 11.4 Å². The Hall–Kier alpha value is -1.92. The maximum Gasteiger partial charge on any atom is 0.226 e. The molecule has 1 aliphatic carbocycles. The van der Waals surface area contributed by atoms with E-state index in [1.165, 1.54) is 25.7 Å². The topological polar surface area (TPSA) is 54.5 Å². The molecule has 0 atom stereocenters. The lowest BCUT2D eigenvalue weighted by Crippen LogP contribution is -2.52. The molecule has 1 heterocycles. The Morgan fingerprint density at radius 1 is 1.21 bits per heavy atom. The lowest BCUT2D eigenvalue weighted by atomic mass is 9.88. The normalized spacial score (nSPS) is 16.4. The molecule has 0 spiro atoms. The number of hydrogen-bond acceptors (Lipinski definition) is 5. The average molecular weight is 416 g/mol. The van der Waals surface area contributed by atoms with E-state index in [9.17, 15) is 4.79 Å². The maximum absolute atomic E-state index is 12.6. The first kappa shape index (κ1) is 21.8. The fourth-order valence-electron chi connectivity index (χ4n) is 4.10. The quantitative estimate of drug-likeness (QED) is 0.644. The van der Waals surface area contributed by atoms with Crippen LogP contribution in [0.25, 0.3) is 10.6 Å². The Morgan fingerprint density at radius 2 is 1.93 bits per heavy atom. The van der Waals surface area contributed by atoms with Gasteiger partial charge in [0.05, 0.1) is 24.3 Å². The van der Waals surface area contributed by atoms with Crippen molar-refractivity contribution < 1.29 is 9.53 Å². The number of likely N-dealkylation sites (N-methyl/N-ethyl adjacent to an activating group) is 1. The van der Waals surface area contributed by atoms with Gasteiger partial charge < -0.3 is 15.0 Å². The van der Waals surface area contributed by atoms with Crippen LogP contribution in [0.3, 0.4) is 0 Å². The molecule has 2 aromatic rings. The van der Waals surface area contributed by atoms with Crippen LogP contribution in [0.2, 0.25) is 0 Å². The third kappa shape index (κ3) is 5.58. The van der Waals surface area contributed by atoms with Crippen molar-refractivity contribution in [3.63, 3.8) is 0 Å². The first-order chi connectivity index (χ1) is 14.0. The summed E-state index contributed by atoms with van der Waals surface area (Å²) in [6.45, 7) is 3.30. The molecule has 1 aliphatic rings. The van der Waals surface area contributed by atoms with E-state index < -0.39 is 0 Å². The summed E-state index contributed by atoms with van der Waals surface area (Å²) in [7, 11) is 4.28. The zero-order valence-corrected chi connectivity index (χ0v) is 18.7. The number of para-hydroxylation sites is 1. The number of thiazole rings is 1. The largest absolute Gasteiger partial charge is 0.493 e. The van der Waals surface area contributed by atoms with Crippen LogP contribution in [-0.4, -0.2) is 48.6 Å². The van der Waals surface area contributed by atoms with E-state index >= 15 is 0 Å². The van der Waals surface area contributed by atoms with E-state index in [1.54, 1.807) is 11.3 Å². The predicted molar refractivity (Wildman–Crippen MR) is 120 cm³/mol. The summed E-state index contributed by atoms with van der Waals surface area (Å²) in [5.41, 5.74) is 1.88. The van der Waals surface area contributed by atoms with Crippen molar-refractivity contribution in [3.8, 4) is 16.3 Å². The zero-order chi connectivity index (χ0) is 20.7. The van der Waals surface area contributed by atoms with Crippen LogP contribution >= 0.6 is 11.3 Å². The van der Waals surface area contributed by atoms with Gasteiger partial charge in [-0.1, -0.05) is 37.8 Å². The second kappa shape index (κ2) is 10.2. The van der Waals surface area contributed by atoms with Gasteiger partial charge in [-0.15, -0.1) is 11.3 Å². The standard InChI is InChI=1S/C23H33N3O2S/c1-4-28-20-12-8-7-11-19(20)22-25-18(16-29-22)15-21(27)24-17-23(26(2)3)13-9-5-6-10-14-23/h7-8,11-12,16H,4-6,9-10,13-15,17H2,1-3H3,(H,24,27). The molecule has 6 heteroatoms. The van der Waals surface area contributed by atoms with Crippen molar-refractivity contribution in [1.29, 1.82) is 0 Å². The molecule has 0 aliphatic heterocycles. The molecule has 158 valence electrons. The van der Waals surface area contributed by atoms with Crippen LogP contribution in [0.15, 0.2) is 29.6 Å². The number of ether oxygens (including phenoxy) is 1. The van der Waals surface area contributed by atoms with Crippen LogP contribution in [0.5, 0.6) is 5.75 Å². The number of rotatable bonds is 8. The number of carbonyl (C=O) groups is 1. The molecule has 3 rings (SSSR count). The molecule has 0 bridgehead atoms. The van der Waals surface area contributed by atoms with E-state index in [4.69, 9.17) is 9.72 Å². The van der Waals surface area contributed by atoms with Crippen LogP contribution in [-0.2, 0) is 11.2 Å². The molecule has 1 aromatic carbocycles. The summed E-state index contributed by atoms with van der Waals surface area (Å²) in [6.07, 6.45) is 7.69. The van der Waals surface area contributed by atoms with Crippen molar-refractivity contribution in [2.45, 2.75) is 57.4 Å². The van der Waals surface area contributed by atoms with Gasteiger partial charge in [-0.3, -0.25) is 4.79 Å². The van der Waals surface area contributed by atoms with Crippen molar-refractivity contribution >= 4 is 17.2 Å². The van der Waals surface area contributed by atoms with Gasteiger partial charge in [0.1, 0.15) is 10.8 Å². The Balaban J connectivity index is 1.62. The summed E-state index contributed by atoms with van der Waals surface area (Å²) in [6, 6.07) is 7.92. The first-order valence-electron chi connectivity index (χ1n) is 10.6. The van der Waals surface area contributed by atoms with Gasteiger partial charge in [0.15, 0.2) is 0 Å². The molecule has 1 aromatic heterocycles. The molecule has 5 nitrogen and oxygen atoms in total. The minimum Gasteiger partial charge on any atom is -0.493 e. The Morgan fingerprint density at radius 3 is 2.62 bits per heavy atom. The maximum atomic E-state index is 12.6. The van der Waals surface area contributed by atoms with E-state index in [2.05, 4.69) is 24.3 Å². The van der Waals surface area contributed by atoms with E-state index in [1.807, 2.05) is 36.6 Å². The number of nitrogens with zero attached hydrogens (tertiary/aromatic N) is 2. The number of nitrogens with one attached hydrogen (secondary N) is 1. The van der Waals surface area contributed by atoms with Gasteiger partial charge in [-0.25, -0.2) is 4.98 Å². The Bertz CT molecular complexity index is 795. The lowest BCUT2D eigenvalue weighted by molar-refractivity contribution is -0.121. The van der Waals surface area contributed by atoms with Crippen molar-refractivity contribution in [2.24, 2.45) is 0 Å². The minimum atomic E-state index is 0.0467. The molecule has 1 fully saturated rings. The van der Waals surface area contributed by atoms with Gasteiger partial charge in [-0.05, 0) is 46.0 Å². The van der Waals surface area contributed by atoms with Crippen molar-refractivity contribution in [1.82, 2.24) is 15.2 Å². The molecule has 0 unspecified atom stereocenters. The number of amides is 1. The van der Waals surface area contributed by atoms with Gasteiger partial charge in [-0.2, -0.15) is 0 Å². The highest BCUT2D eigenvalue weighted by Gasteiger charge is 2.33. The highest BCUT2D eigenvalue weighted by atomic mass is 32.1. The molecule has 1 N–H and O–H groups in total. The number of carbonyl (C=O) groups excluding carboxylic acids is 1. The third-order valence-electron chi connectivity index (χ3n) is 5.91. The molecular formula is C23H33N3O2S. The van der Waals surface area contributed by atoms with Crippen LogP contribution in [0.4, 0.5) is 0 Å². The molecule has 0 radical (unpaired) electrons. The number of benzene rings is 1. The summed E-state index contributed by atoms with van der Waals surface area (Å²) in [5, 5.41) is 6.06. The van der Waals surface area contributed by atoms with Crippen LogP contribution in [0.1, 0.15) is 51.1 Å². The number of aromatic nitrogens is 1. The zero-order valence-electron chi connectivity index (χ0n) is 17.9. The van der Waals surface area contributed by atoms with Crippen LogP contribution < -0.4 is 10.1 Å². The molecule has 29 heavy (non-hydrogen) atoms. The lowest BCUT2D eigenvalue weighted by Gasteiger charge is -2.39. The Kier molecular flexibility index (Phi) is 7.67. The van der Waals surface area contributed by atoms with Gasteiger partial charge in [0.2, 0.25) is 5.91 Å².